The van der Waals surface area contributed by atoms with Crippen molar-refractivity contribution in [3.05, 3.63) is 146 Å². The standard InChI is InChI=1S/C42H24S/c1-2-8-33-25(6-1)18-19-36-34-9-3-4-10-35(34)37(24-38(33)36)30-16-15-27-20-29(14-13-28(27)21-30)32-22-31-17-12-26-7-5-11-39-41(26)42(31)40(23-32)43-39/h1-24H. The van der Waals surface area contributed by atoms with E-state index >= 15 is 0 Å². The molecule has 1 heterocycles. The summed E-state index contributed by atoms with van der Waals surface area (Å²) < 4.78 is 2.74. The Morgan fingerprint density at radius 2 is 0.930 bits per heavy atom. The molecule has 0 nitrogen and oxygen atoms in total. The number of hydrogen-bond acceptors (Lipinski definition) is 1. The van der Waals surface area contributed by atoms with Crippen LogP contribution in [0.25, 0.3) is 96.3 Å². The van der Waals surface area contributed by atoms with E-state index in [0.29, 0.717) is 0 Å². The summed E-state index contributed by atoms with van der Waals surface area (Å²) in [6, 6.07) is 54.3. The molecule has 1 heteroatoms. The Kier molecular flexibility index (Phi) is 4.69. The normalized spacial score (nSPS) is 12.2. The molecule has 43 heavy (non-hydrogen) atoms. The van der Waals surface area contributed by atoms with Crippen LogP contribution in [0.3, 0.4) is 0 Å². The zero-order valence-electron chi connectivity index (χ0n) is 23.3. The van der Waals surface area contributed by atoms with Gasteiger partial charge in [0, 0.05) is 20.2 Å². The molecule has 0 aliphatic carbocycles. The summed E-state index contributed by atoms with van der Waals surface area (Å²) in [5.74, 6) is 0. The zero-order valence-corrected chi connectivity index (χ0v) is 24.1. The second kappa shape index (κ2) is 8.64. The Morgan fingerprint density at radius 3 is 1.84 bits per heavy atom. The van der Waals surface area contributed by atoms with Crippen molar-refractivity contribution in [1.29, 1.82) is 0 Å². The van der Waals surface area contributed by atoms with Crippen molar-refractivity contribution in [2.24, 2.45) is 0 Å². The molecule has 10 rings (SSSR count). The van der Waals surface area contributed by atoms with E-state index in [1.165, 1.54) is 96.3 Å². The first-order valence-corrected chi connectivity index (χ1v) is 15.7. The van der Waals surface area contributed by atoms with Crippen LogP contribution in [0.15, 0.2) is 146 Å². The van der Waals surface area contributed by atoms with E-state index < -0.39 is 0 Å². The van der Waals surface area contributed by atoms with Gasteiger partial charge in [-0.3, -0.25) is 0 Å². The van der Waals surface area contributed by atoms with Gasteiger partial charge in [-0.25, -0.2) is 0 Å². The maximum Gasteiger partial charge on any atom is 0.0367 e. The van der Waals surface area contributed by atoms with Crippen molar-refractivity contribution in [2.45, 2.75) is 0 Å². The van der Waals surface area contributed by atoms with Crippen LogP contribution in [0.4, 0.5) is 0 Å². The fraction of sp³-hybridized carbons (Fsp3) is 0. The van der Waals surface area contributed by atoms with Crippen molar-refractivity contribution in [2.75, 3.05) is 0 Å². The van der Waals surface area contributed by atoms with Crippen LogP contribution in [-0.4, -0.2) is 0 Å². The molecule has 0 atom stereocenters. The fourth-order valence-corrected chi connectivity index (χ4v) is 8.53. The highest BCUT2D eigenvalue weighted by Gasteiger charge is 2.14. The van der Waals surface area contributed by atoms with E-state index in [1.807, 2.05) is 11.3 Å². The number of thiophene rings is 1. The average molecular weight is 561 g/mol. The number of fused-ring (bicyclic) bond motifs is 6. The molecular formula is C42H24S. The largest absolute Gasteiger partial charge is 0.135 e. The molecule has 0 bridgehead atoms. The number of benzene rings is 9. The molecule has 198 valence electrons. The van der Waals surface area contributed by atoms with Crippen LogP contribution in [-0.2, 0) is 0 Å². The molecule has 9 aromatic carbocycles. The first-order valence-electron chi connectivity index (χ1n) is 14.8. The second-order valence-corrected chi connectivity index (χ2v) is 12.8. The Bertz CT molecular complexity index is 2730. The molecule has 1 aromatic heterocycles. The topological polar surface area (TPSA) is 0 Å². The molecule has 0 radical (unpaired) electrons. The molecule has 0 aliphatic rings. The summed E-state index contributed by atoms with van der Waals surface area (Å²) >= 11 is 1.90. The monoisotopic (exact) mass is 560 g/mol. The molecule has 0 spiro atoms. The van der Waals surface area contributed by atoms with Gasteiger partial charge < -0.3 is 0 Å². The SMILES string of the molecule is c1ccc2c(c1)ccc1c3ccccc3c(-c3ccc4cc(-c5cc6ccc7cccc8sc(c5)c6c78)ccc4c3)cc21. The smallest absolute Gasteiger partial charge is 0.0367 e. The van der Waals surface area contributed by atoms with Gasteiger partial charge in [-0.2, -0.15) is 0 Å². The van der Waals surface area contributed by atoms with Gasteiger partial charge in [0.05, 0.1) is 0 Å². The zero-order chi connectivity index (χ0) is 28.1. The van der Waals surface area contributed by atoms with Crippen molar-refractivity contribution in [3.8, 4) is 22.3 Å². The van der Waals surface area contributed by atoms with Crippen molar-refractivity contribution in [1.82, 2.24) is 0 Å². The lowest BCUT2D eigenvalue weighted by Crippen LogP contribution is -1.87. The Balaban J connectivity index is 1.14. The molecular weight excluding hydrogens is 537 g/mol. The predicted molar refractivity (Wildman–Crippen MR) is 189 cm³/mol. The molecule has 0 amide bonds. The third-order valence-corrected chi connectivity index (χ3v) is 10.5. The van der Waals surface area contributed by atoms with Gasteiger partial charge in [-0.15, -0.1) is 11.3 Å². The minimum absolute atomic E-state index is 1.25. The van der Waals surface area contributed by atoms with Crippen molar-refractivity contribution < 1.29 is 0 Å². The van der Waals surface area contributed by atoms with Gasteiger partial charge in [-0.05, 0) is 113 Å². The van der Waals surface area contributed by atoms with E-state index in [1.54, 1.807) is 0 Å². The van der Waals surface area contributed by atoms with Gasteiger partial charge in [0.1, 0.15) is 0 Å². The van der Waals surface area contributed by atoms with Gasteiger partial charge in [-0.1, -0.05) is 109 Å². The summed E-state index contributed by atoms with van der Waals surface area (Å²) in [6.07, 6.45) is 0. The summed E-state index contributed by atoms with van der Waals surface area (Å²) in [5, 5.41) is 15.8. The van der Waals surface area contributed by atoms with E-state index in [-0.39, 0.29) is 0 Å². The van der Waals surface area contributed by atoms with Crippen LogP contribution in [0.2, 0.25) is 0 Å². The molecule has 0 fully saturated rings. The maximum absolute atomic E-state index is 2.40. The van der Waals surface area contributed by atoms with Crippen molar-refractivity contribution in [3.63, 3.8) is 0 Å². The number of rotatable bonds is 2. The summed E-state index contributed by atoms with van der Waals surface area (Å²) in [4.78, 5) is 0. The second-order valence-electron chi connectivity index (χ2n) is 11.7. The van der Waals surface area contributed by atoms with Crippen molar-refractivity contribution >= 4 is 85.4 Å². The average Bonchev–Trinajstić information content (AvgIpc) is 3.46. The molecule has 0 saturated heterocycles. The summed E-state index contributed by atoms with van der Waals surface area (Å²) in [7, 11) is 0. The highest BCUT2D eigenvalue weighted by atomic mass is 32.1. The van der Waals surface area contributed by atoms with Gasteiger partial charge >= 0.3 is 0 Å². The van der Waals surface area contributed by atoms with Crippen LogP contribution in [0, 0.1) is 0 Å². The lowest BCUT2D eigenvalue weighted by atomic mass is 9.90. The van der Waals surface area contributed by atoms with E-state index in [4.69, 9.17) is 0 Å². The lowest BCUT2D eigenvalue weighted by Gasteiger charge is -2.14. The third kappa shape index (κ3) is 3.37. The minimum Gasteiger partial charge on any atom is -0.135 e. The highest BCUT2D eigenvalue weighted by Crippen LogP contribution is 2.43. The van der Waals surface area contributed by atoms with E-state index in [2.05, 4.69) is 146 Å². The Morgan fingerprint density at radius 1 is 0.302 bits per heavy atom. The maximum atomic E-state index is 2.40. The first-order chi connectivity index (χ1) is 21.3. The fourth-order valence-electron chi connectivity index (χ4n) is 7.31. The van der Waals surface area contributed by atoms with E-state index in [9.17, 15) is 0 Å². The van der Waals surface area contributed by atoms with Gasteiger partial charge in [0.25, 0.3) is 0 Å². The van der Waals surface area contributed by atoms with E-state index in [0.717, 1.165) is 0 Å². The molecule has 10 aromatic rings. The molecule has 0 N–H and O–H groups in total. The quantitative estimate of drug-likeness (QED) is 0.184. The van der Waals surface area contributed by atoms with Crippen LogP contribution in [0.1, 0.15) is 0 Å². The van der Waals surface area contributed by atoms with Crippen LogP contribution >= 0.6 is 11.3 Å². The highest BCUT2D eigenvalue weighted by molar-refractivity contribution is 7.26. The molecule has 0 saturated carbocycles. The molecule has 0 unspecified atom stereocenters. The van der Waals surface area contributed by atoms with Crippen LogP contribution < -0.4 is 0 Å². The summed E-state index contributed by atoms with van der Waals surface area (Å²) in [6.45, 7) is 0. The lowest BCUT2D eigenvalue weighted by molar-refractivity contribution is 1.68. The Hall–Kier alpha value is -5.24. The Labute approximate surface area is 252 Å². The molecule has 0 aliphatic heterocycles. The third-order valence-electron chi connectivity index (χ3n) is 9.35. The first kappa shape index (κ1) is 23.3. The summed E-state index contributed by atoms with van der Waals surface area (Å²) in [5.41, 5.74) is 5.08. The van der Waals surface area contributed by atoms with Crippen LogP contribution in [0.5, 0.6) is 0 Å². The predicted octanol–water partition coefficient (Wildman–Crippen LogP) is 12.6. The minimum atomic E-state index is 1.25. The number of hydrogen-bond donors (Lipinski definition) is 0. The van der Waals surface area contributed by atoms with Gasteiger partial charge in [0.15, 0.2) is 0 Å². The van der Waals surface area contributed by atoms with Gasteiger partial charge in [0.2, 0.25) is 0 Å².